The molecule has 0 heterocycles. The van der Waals surface area contributed by atoms with E-state index in [1.54, 1.807) is 12.1 Å². The van der Waals surface area contributed by atoms with Crippen molar-refractivity contribution in [2.45, 2.75) is 0 Å². The summed E-state index contributed by atoms with van der Waals surface area (Å²) in [5, 5.41) is -0.315. The van der Waals surface area contributed by atoms with E-state index < -0.39 is 15.2 Å². The van der Waals surface area contributed by atoms with E-state index in [1.807, 2.05) is 0 Å². The van der Waals surface area contributed by atoms with Crippen LogP contribution in [0.1, 0.15) is 0 Å². The standard InChI is InChI=1S/2C6H7O3P.Ti/c2*7-10(8,9)6-4-2-1-3-5-6;/h2*1-5H,(H2,7,8,9);/q;;+4/p-4. The molecule has 0 radical (unpaired) electrons. The van der Waals surface area contributed by atoms with Gasteiger partial charge in [-0.15, -0.1) is 0 Å². The molecule has 0 aliphatic rings. The SMILES string of the molecule is O=P([O-])([O-])c1ccccc1.O=P([O-])([O-])c1ccccc1.[Ti+4]. The number of hydrogen-bond donors (Lipinski definition) is 0. The van der Waals surface area contributed by atoms with Gasteiger partial charge >= 0.3 is 21.7 Å². The quantitative estimate of drug-likeness (QED) is 0.471. The van der Waals surface area contributed by atoms with Gasteiger partial charge in [-0.05, 0) is 25.8 Å². The first kappa shape index (κ1) is 20.5. The van der Waals surface area contributed by atoms with Gasteiger partial charge < -0.3 is 28.7 Å². The van der Waals surface area contributed by atoms with Gasteiger partial charge in [0, 0.05) is 0 Å². The molecule has 0 aromatic heterocycles. The van der Waals surface area contributed by atoms with Crippen molar-refractivity contribution in [1.82, 2.24) is 0 Å². The molecule has 6 nitrogen and oxygen atoms in total. The third-order valence-electron chi connectivity index (χ3n) is 2.14. The molecule has 0 saturated carbocycles. The summed E-state index contributed by atoms with van der Waals surface area (Å²) in [5.41, 5.74) is 0. The number of benzene rings is 2. The van der Waals surface area contributed by atoms with E-state index in [0.29, 0.717) is 0 Å². The molecule has 2 aromatic rings. The average Bonchev–Trinajstić information content (AvgIpc) is 2.40. The summed E-state index contributed by atoms with van der Waals surface area (Å²) in [7, 11) is -9.04. The van der Waals surface area contributed by atoms with Gasteiger partial charge in [-0.25, -0.2) is 0 Å². The fourth-order valence-corrected chi connectivity index (χ4v) is 2.30. The van der Waals surface area contributed by atoms with Crippen LogP contribution in [0, 0.1) is 0 Å². The van der Waals surface area contributed by atoms with Crippen molar-refractivity contribution < 1.29 is 50.4 Å². The van der Waals surface area contributed by atoms with Crippen LogP contribution >= 0.6 is 15.2 Å². The Kier molecular flexibility index (Phi) is 8.56. The van der Waals surface area contributed by atoms with Crippen molar-refractivity contribution in [1.29, 1.82) is 0 Å². The van der Waals surface area contributed by atoms with Gasteiger partial charge in [0.25, 0.3) is 0 Å². The van der Waals surface area contributed by atoms with Crippen LogP contribution in [0.15, 0.2) is 60.7 Å². The smallest absolute Gasteiger partial charge is 0.807 e. The Balaban J connectivity index is 0.000000364. The molecule has 0 atom stereocenters. The predicted molar refractivity (Wildman–Crippen MR) is 67.4 cm³/mol. The second-order valence-electron chi connectivity index (χ2n) is 3.67. The summed E-state index contributed by atoms with van der Waals surface area (Å²) < 4.78 is 20.6. The first-order valence-electron chi connectivity index (χ1n) is 5.36. The van der Waals surface area contributed by atoms with Crippen molar-refractivity contribution in [2.24, 2.45) is 0 Å². The molecule has 0 bridgehead atoms. The van der Waals surface area contributed by atoms with E-state index in [4.69, 9.17) is 0 Å². The average molecular weight is 360 g/mol. The van der Waals surface area contributed by atoms with Crippen molar-refractivity contribution in [3.63, 3.8) is 0 Å². The normalized spacial score (nSPS) is 10.9. The third kappa shape index (κ3) is 7.86. The summed E-state index contributed by atoms with van der Waals surface area (Å²) in [6, 6.07) is 14.5. The third-order valence-corrected chi connectivity index (χ3v) is 4.01. The van der Waals surface area contributed by atoms with E-state index in [0.717, 1.165) is 0 Å². The van der Waals surface area contributed by atoms with Crippen LogP contribution in [0.4, 0.5) is 0 Å². The van der Waals surface area contributed by atoms with Crippen molar-refractivity contribution in [3.8, 4) is 0 Å². The Hall–Kier alpha value is -0.546. The summed E-state index contributed by atoms with van der Waals surface area (Å²) in [4.78, 5) is 41.2. The van der Waals surface area contributed by atoms with Gasteiger partial charge in [0.15, 0.2) is 0 Å². The van der Waals surface area contributed by atoms with Gasteiger partial charge in [-0.2, -0.15) is 0 Å². The van der Waals surface area contributed by atoms with Crippen LogP contribution in [0.3, 0.4) is 0 Å². The van der Waals surface area contributed by atoms with E-state index in [2.05, 4.69) is 0 Å². The molecule has 0 spiro atoms. The molecular weight excluding hydrogens is 350 g/mol. The van der Waals surface area contributed by atoms with Crippen LogP contribution < -0.4 is 30.2 Å². The van der Waals surface area contributed by atoms with Crippen molar-refractivity contribution in [3.05, 3.63) is 60.7 Å². The summed E-state index contributed by atoms with van der Waals surface area (Å²) in [6.07, 6.45) is 0. The van der Waals surface area contributed by atoms with Gasteiger partial charge in [-0.3, -0.25) is 0 Å². The molecule has 108 valence electrons. The Morgan fingerprint density at radius 1 is 0.571 bits per heavy atom. The number of rotatable bonds is 2. The van der Waals surface area contributed by atoms with Gasteiger partial charge in [0.2, 0.25) is 0 Å². The number of hydrogen-bond acceptors (Lipinski definition) is 6. The molecule has 0 aliphatic carbocycles. The summed E-state index contributed by atoms with van der Waals surface area (Å²) in [6.45, 7) is 0. The zero-order chi connectivity index (χ0) is 15.2. The molecule has 2 rings (SSSR count). The van der Waals surface area contributed by atoms with Gasteiger partial charge in [-0.1, -0.05) is 60.7 Å². The Morgan fingerprint density at radius 3 is 0.952 bits per heavy atom. The van der Waals surface area contributed by atoms with Crippen LogP contribution in [0.5, 0.6) is 0 Å². The van der Waals surface area contributed by atoms with Gasteiger partial charge in [0.05, 0.1) is 0 Å². The van der Waals surface area contributed by atoms with E-state index in [1.165, 1.54) is 48.5 Å². The fourth-order valence-electron chi connectivity index (χ4n) is 1.22. The first-order chi connectivity index (χ1) is 9.21. The maximum Gasteiger partial charge on any atom is 4.00 e. The van der Waals surface area contributed by atoms with Crippen LogP contribution in [-0.4, -0.2) is 0 Å². The Bertz CT molecular complexity index is 565. The maximum absolute atomic E-state index is 10.3. The minimum Gasteiger partial charge on any atom is -0.807 e. The maximum atomic E-state index is 10.3. The molecule has 21 heavy (non-hydrogen) atoms. The van der Waals surface area contributed by atoms with Crippen LogP contribution in [0.25, 0.3) is 0 Å². The second-order valence-corrected chi connectivity index (χ2v) is 6.69. The van der Waals surface area contributed by atoms with E-state index >= 15 is 0 Å². The largest absolute Gasteiger partial charge is 4.00 e. The molecule has 0 amide bonds. The summed E-state index contributed by atoms with van der Waals surface area (Å²) >= 11 is 0. The Morgan fingerprint density at radius 2 is 0.810 bits per heavy atom. The predicted octanol–water partition coefficient (Wildman–Crippen LogP) is -1.55. The second kappa shape index (κ2) is 8.79. The van der Waals surface area contributed by atoms with E-state index in [-0.39, 0.29) is 32.3 Å². The topological polar surface area (TPSA) is 126 Å². The van der Waals surface area contributed by atoms with Gasteiger partial charge in [0.1, 0.15) is 0 Å². The Labute approximate surface area is 137 Å². The first-order valence-corrected chi connectivity index (χ1v) is 8.45. The zero-order valence-electron chi connectivity index (χ0n) is 10.6. The van der Waals surface area contributed by atoms with Crippen molar-refractivity contribution >= 4 is 25.8 Å². The monoisotopic (exact) mass is 360 g/mol. The molecule has 0 saturated heterocycles. The fraction of sp³-hybridized carbons (Fsp3) is 0. The summed E-state index contributed by atoms with van der Waals surface area (Å²) in [5.74, 6) is 0. The van der Waals surface area contributed by atoms with Crippen LogP contribution in [-0.2, 0) is 30.8 Å². The molecule has 9 heteroatoms. The minimum absolute atomic E-state index is 0. The van der Waals surface area contributed by atoms with Crippen molar-refractivity contribution in [2.75, 3.05) is 0 Å². The molecule has 0 N–H and O–H groups in total. The molecule has 0 fully saturated rings. The van der Waals surface area contributed by atoms with E-state index in [9.17, 15) is 28.7 Å². The molecule has 0 unspecified atom stereocenters. The molecule has 2 aromatic carbocycles. The molecular formula is C12H10O6P2Ti. The zero-order valence-corrected chi connectivity index (χ0v) is 14.0. The van der Waals surface area contributed by atoms with Crippen LogP contribution in [0.2, 0.25) is 0 Å². The minimum atomic E-state index is -4.52. The molecule has 0 aliphatic heterocycles.